The van der Waals surface area contributed by atoms with E-state index in [-0.39, 0.29) is 0 Å². The zero-order chi connectivity index (χ0) is 13.1. The van der Waals surface area contributed by atoms with Gasteiger partial charge < -0.3 is 14.6 Å². The molecular formula is C15H21N3O. The first-order chi connectivity index (χ1) is 9.36. The van der Waals surface area contributed by atoms with Crippen molar-refractivity contribution in [1.82, 2.24) is 10.3 Å². The summed E-state index contributed by atoms with van der Waals surface area (Å²) in [4.78, 5) is 6.83. The zero-order valence-corrected chi connectivity index (χ0v) is 11.4. The summed E-state index contributed by atoms with van der Waals surface area (Å²) in [6, 6.07) is 8.74. The van der Waals surface area contributed by atoms with Crippen LogP contribution in [0.15, 0.2) is 28.7 Å². The molecule has 0 atom stereocenters. The van der Waals surface area contributed by atoms with Crippen molar-refractivity contribution in [3.8, 4) is 0 Å². The quantitative estimate of drug-likeness (QED) is 0.916. The van der Waals surface area contributed by atoms with Crippen molar-refractivity contribution in [2.24, 2.45) is 5.92 Å². The second-order valence-corrected chi connectivity index (χ2v) is 5.20. The van der Waals surface area contributed by atoms with Crippen LogP contribution in [0.3, 0.4) is 0 Å². The van der Waals surface area contributed by atoms with Crippen LogP contribution in [0.4, 0.5) is 6.01 Å². The molecule has 2 aromatic rings. The summed E-state index contributed by atoms with van der Waals surface area (Å²) < 4.78 is 5.82. The Hall–Kier alpha value is -1.55. The van der Waals surface area contributed by atoms with Gasteiger partial charge in [-0.1, -0.05) is 19.1 Å². The maximum atomic E-state index is 5.82. The largest absolute Gasteiger partial charge is 0.423 e. The van der Waals surface area contributed by atoms with E-state index in [1.54, 1.807) is 0 Å². The highest BCUT2D eigenvalue weighted by atomic mass is 16.4. The van der Waals surface area contributed by atoms with E-state index >= 15 is 0 Å². The first-order valence-corrected chi connectivity index (χ1v) is 7.18. The lowest BCUT2D eigenvalue weighted by Gasteiger charge is -2.30. The van der Waals surface area contributed by atoms with Crippen LogP contribution in [0.5, 0.6) is 0 Å². The van der Waals surface area contributed by atoms with Crippen LogP contribution in [-0.4, -0.2) is 31.2 Å². The second-order valence-electron chi connectivity index (χ2n) is 5.20. The van der Waals surface area contributed by atoms with Gasteiger partial charge in [0.1, 0.15) is 5.52 Å². The van der Waals surface area contributed by atoms with Crippen molar-refractivity contribution in [2.45, 2.75) is 19.8 Å². The maximum absolute atomic E-state index is 5.82. The molecule has 0 bridgehead atoms. The van der Waals surface area contributed by atoms with E-state index in [0.717, 1.165) is 49.2 Å². The molecule has 1 saturated heterocycles. The molecule has 0 amide bonds. The maximum Gasteiger partial charge on any atom is 0.298 e. The highest BCUT2D eigenvalue weighted by molar-refractivity contribution is 5.74. The number of oxazole rings is 1. The van der Waals surface area contributed by atoms with E-state index in [1.807, 2.05) is 24.3 Å². The number of para-hydroxylation sites is 2. The molecule has 0 saturated carbocycles. The minimum Gasteiger partial charge on any atom is -0.423 e. The van der Waals surface area contributed by atoms with Crippen LogP contribution < -0.4 is 10.2 Å². The van der Waals surface area contributed by atoms with E-state index < -0.39 is 0 Å². The Bertz CT molecular complexity index is 496. The third-order valence-electron chi connectivity index (χ3n) is 3.85. The van der Waals surface area contributed by atoms with Crippen molar-refractivity contribution >= 4 is 17.1 Å². The third-order valence-corrected chi connectivity index (χ3v) is 3.85. The van der Waals surface area contributed by atoms with E-state index in [1.165, 1.54) is 12.8 Å². The predicted molar refractivity (Wildman–Crippen MR) is 77.5 cm³/mol. The Labute approximate surface area is 113 Å². The van der Waals surface area contributed by atoms with Gasteiger partial charge in [0.2, 0.25) is 0 Å². The average Bonchev–Trinajstić information content (AvgIpc) is 2.89. The highest BCUT2D eigenvalue weighted by Crippen LogP contribution is 2.25. The molecule has 1 aliphatic heterocycles. The number of anilines is 1. The summed E-state index contributed by atoms with van der Waals surface area (Å²) in [5.74, 6) is 0.792. The van der Waals surface area contributed by atoms with Crippen LogP contribution in [0.25, 0.3) is 11.1 Å². The molecule has 0 unspecified atom stereocenters. The molecule has 3 rings (SSSR count). The van der Waals surface area contributed by atoms with Gasteiger partial charge >= 0.3 is 0 Å². The number of piperidine rings is 1. The van der Waals surface area contributed by atoms with Gasteiger partial charge in [0.25, 0.3) is 6.01 Å². The standard InChI is InChI=1S/C15H21N3O/c1-2-16-11-12-7-9-18(10-8-12)15-17-13-5-3-4-6-14(13)19-15/h3-6,12,16H,2,7-11H2,1H3. The summed E-state index contributed by atoms with van der Waals surface area (Å²) >= 11 is 0. The van der Waals surface area contributed by atoms with Gasteiger partial charge in [0.15, 0.2) is 5.58 Å². The monoisotopic (exact) mass is 259 g/mol. The minimum absolute atomic E-state index is 0.781. The van der Waals surface area contributed by atoms with Crippen LogP contribution in [0.2, 0.25) is 0 Å². The third kappa shape index (κ3) is 2.73. The molecule has 0 spiro atoms. The lowest BCUT2D eigenvalue weighted by molar-refractivity contribution is 0.374. The second kappa shape index (κ2) is 5.61. The molecule has 4 nitrogen and oxygen atoms in total. The van der Waals surface area contributed by atoms with E-state index in [2.05, 4.69) is 22.1 Å². The molecule has 102 valence electrons. The van der Waals surface area contributed by atoms with Gasteiger partial charge in [-0.2, -0.15) is 4.98 Å². The Balaban J connectivity index is 1.64. The number of aromatic nitrogens is 1. The lowest BCUT2D eigenvalue weighted by Crippen LogP contribution is -2.37. The van der Waals surface area contributed by atoms with Gasteiger partial charge in [-0.15, -0.1) is 0 Å². The number of nitrogens with zero attached hydrogens (tertiary/aromatic N) is 2. The summed E-state index contributed by atoms with van der Waals surface area (Å²) in [6.45, 7) is 6.45. The van der Waals surface area contributed by atoms with Crippen LogP contribution in [0, 0.1) is 5.92 Å². The molecule has 1 fully saturated rings. The Kier molecular flexibility index (Phi) is 3.69. The molecule has 1 N–H and O–H groups in total. The summed E-state index contributed by atoms with van der Waals surface area (Å²) in [5, 5.41) is 3.44. The molecule has 1 aromatic carbocycles. The first kappa shape index (κ1) is 12.5. The smallest absolute Gasteiger partial charge is 0.298 e. The number of rotatable bonds is 4. The van der Waals surface area contributed by atoms with Crippen molar-refractivity contribution in [3.05, 3.63) is 24.3 Å². The van der Waals surface area contributed by atoms with Gasteiger partial charge in [-0.05, 0) is 44.0 Å². The molecular weight excluding hydrogens is 238 g/mol. The zero-order valence-electron chi connectivity index (χ0n) is 11.4. The summed E-state index contributed by atoms with van der Waals surface area (Å²) in [5.41, 5.74) is 1.83. The minimum atomic E-state index is 0.781. The molecule has 0 radical (unpaired) electrons. The van der Waals surface area contributed by atoms with E-state index in [9.17, 15) is 0 Å². The fourth-order valence-corrected chi connectivity index (χ4v) is 2.67. The van der Waals surface area contributed by atoms with Gasteiger partial charge in [0.05, 0.1) is 0 Å². The summed E-state index contributed by atoms with van der Waals surface area (Å²) in [6.07, 6.45) is 2.43. The fourth-order valence-electron chi connectivity index (χ4n) is 2.67. The molecule has 2 heterocycles. The number of nitrogens with one attached hydrogen (secondary N) is 1. The van der Waals surface area contributed by atoms with Gasteiger partial charge in [-0.25, -0.2) is 0 Å². The van der Waals surface area contributed by atoms with Crippen LogP contribution in [-0.2, 0) is 0 Å². The van der Waals surface area contributed by atoms with Gasteiger partial charge in [-0.3, -0.25) is 0 Å². The lowest BCUT2D eigenvalue weighted by atomic mass is 9.97. The fraction of sp³-hybridized carbons (Fsp3) is 0.533. The predicted octanol–water partition coefficient (Wildman–Crippen LogP) is 2.65. The van der Waals surface area contributed by atoms with Crippen molar-refractivity contribution in [3.63, 3.8) is 0 Å². The first-order valence-electron chi connectivity index (χ1n) is 7.18. The highest BCUT2D eigenvalue weighted by Gasteiger charge is 2.22. The Morgan fingerprint density at radius 3 is 2.84 bits per heavy atom. The Morgan fingerprint density at radius 2 is 2.11 bits per heavy atom. The number of hydrogen-bond donors (Lipinski definition) is 1. The number of hydrogen-bond acceptors (Lipinski definition) is 4. The van der Waals surface area contributed by atoms with Crippen molar-refractivity contribution in [1.29, 1.82) is 0 Å². The Morgan fingerprint density at radius 1 is 1.32 bits per heavy atom. The average molecular weight is 259 g/mol. The summed E-state index contributed by atoms with van der Waals surface area (Å²) in [7, 11) is 0. The van der Waals surface area contributed by atoms with Gasteiger partial charge in [0, 0.05) is 13.1 Å². The van der Waals surface area contributed by atoms with E-state index in [4.69, 9.17) is 4.42 Å². The van der Waals surface area contributed by atoms with E-state index in [0.29, 0.717) is 0 Å². The number of fused-ring (bicyclic) bond motifs is 1. The van der Waals surface area contributed by atoms with Crippen molar-refractivity contribution in [2.75, 3.05) is 31.1 Å². The molecule has 1 aliphatic rings. The molecule has 1 aromatic heterocycles. The van der Waals surface area contributed by atoms with Crippen LogP contribution >= 0.6 is 0 Å². The van der Waals surface area contributed by atoms with Crippen LogP contribution in [0.1, 0.15) is 19.8 Å². The normalized spacial score (nSPS) is 17.2. The van der Waals surface area contributed by atoms with Crippen molar-refractivity contribution < 1.29 is 4.42 Å². The molecule has 4 heteroatoms. The molecule has 19 heavy (non-hydrogen) atoms. The molecule has 0 aliphatic carbocycles. The SMILES string of the molecule is CCNCC1CCN(c2nc3ccccc3o2)CC1. The number of benzene rings is 1. The topological polar surface area (TPSA) is 41.3 Å².